The third-order valence-electron chi connectivity index (χ3n) is 1.76. The number of carbonyl (C=O) groups is 1. The predicted molar refractivity (Wildman–Crippen MR) is 57.4 cm³/mol. The van der Waals surface area contributed by atoms with Gasteiger partial charge in [-0.2, -0.15) is 0 Å². The maximum absolute atomic E-state index is 10.9. The van der Waals surface area contributed by atoms with Crippen LogP contribution in [-0.4, -0.2) is 18.3 Å². The van der Waals surface area contributed by atoms with E-state index >= 15 is 0 Å². The number of alkyl halides is 1. The number of Topliss-reactive ketones (excluding diaryl/α,β-unsaturated/α-hetero) is 1. The van der Waals surface area contributed by atoms with Gasteiger partial charge in [-0.25, -0.2) is 0 Å². The van der Waals surface area contributed by atoms with Crippen LogP contribution < -0.4 is 4.74 Å². The van der Waals surface area contributed by atoms with Crippen LogP contribution in [0.15, 0.2) is 18.2 Å². The summed E-state index contributed by atoms with van der Waals surface area (Å²) >= 11 is 11.2. The van der Waals surface area contributed by atoms with Crippen molar-refractivity contribution in [3.8, 4) is 5.75 Å². The molecule has 0 N–H and O–H groups in total. The third kappa shape index (κ3) is 2.89. The standard InChI is InChI=1S/C10H10Cl2O2/c1-7-9(12)3-2-4-10(7)14-6-8(13)5-11/h2-4H,5-6H2,1H3. The Hall–Kier alpha value is -0.730. The number of halogens is 2. The summed E-state index contributed by atoms with van der Waals surface area (Å²) < 4.78 is 5.25. The molecule has 0 saturated heterocycles. The highest BCUT2D eigenvalue weighted by Gasteiger charge is 2.05. The molecule has 4 heteroatoms. The Morgan fingerprint density at radius 2 is 2.21 bits per heavy atom. The van der Waals surface area contributed by atoms with Gasteiger partial charge in [0.1, 0.15) is 12.4 Å². The summed E-state index contributed by atoms with van der Waals surface area (Å²) in [5, 5.41) is 0.626. The molecule has 0 aliphatic rings. The number of benzene rings is 1. The number of ketones is 1. The van der Waals surface area contributed by atoms with E-state index in [1.807, 2.05) is 6.92 Å². The molecule has 14 heavy (non-hydrogen) atoms. The van der Waals surface area contributed by atoms with Crippen LogP contribution in [0.3, 0.4) is 0 Å². The zero-order valence-corrected chi connectivity index (χ0v) is 9.23. The van der Waals surface area contributed by atoms with E-state index in [1.165, 1.54) is 0 Å². The van der Waals surface area contributed by atoms with Crippen LogP contribution in [0, 0.1) is 6.92 Å². The fraction of sp³-hybridized carbons (Fsp3) is 0.300. The number of ether oxygens (including phenoxy) is 1. The molecule has 0 saturated carbocycles. The lowest BCUT2D eigenvalue weighted by molar-refractivity contribution is -0.118. The molecule has 1 aromatic carbocycles. The van der Waals surface area contributed by atoms with Crippen LogP contribution >= 0.6 is 23.2 Å². The topological polar surface area (TPSA) is 26.3 Å². The Balaban J connectivity index is 2.68. The monoisotopic (exact) mass is 232 g/mol. The minimum Gasteiger partial charge on any atom is -0.485 e. The molecule has 2 nitrogen and oxygen atoms in total. The van der Waals surface area contributed by atoms with E-state index in [1.54, 1.807) is 18.2 Å². The zero-order valence-electron chi connectivity index (χ0n) is 7.72. The number of hydrogen-bond donors (Lipinski definition) is 0. The van der Waals surface area contributed by atoms with Gasteiger partial charge in [-0.05, 0) is 19.1 Å². The average Bonchev–Trinajstić information content (AvgIpc) is 2.20. The van der Waals surface area contributed by atoms with E-state index in [4.69, 9.17) is 27.9 Å². The molecule has 0 radical (unpaired) electrons. The Labute approximate surface area is 92.8 Å². The number of hydrogen-bond acceptors (Lipinski definition) is 2. The van der Waals surface area contributed by atoms with Gasteiger partial charge >= 0.3 is 0 Å². The molecule has 1 rings (SSSR count). The van der Waals surface area contributed by atoms with Gasteiger partial charge in [-0.3, -0.25) is 4.79 Å². The summed E-state index contributed by atoms with van der Waals surface area (Å²) in [4.78, 5) is 10.9. The summed E-state index contributed by atoms with van der Waals surface area (Å²) in [5.74, 6) is 0.446. The SMILES string of the molecule is Cc1c(Cl)cccc1OCC(=O)CCl. The molecule has 0 unspecified atom stereocenters. The maximum atomic E-state index is 10.9. The number of rotatable bonds is 4. The maximum Gasteiger partial charge on any atom is 0.184 e. The number of carbonyl (C=O) groups excluding carboxylic acids is 1. The van der Waals surface area contributed by atoms with Crippen molar-refractivity contribution in [1.82, 2.24) is 0 Å². The Bertz CT molecular complexity index is 337. The van der Waals surface area contributed by atoms with Gasteiger partial charge in [0, 0.05) is 10.6 Å². The third-order valence-corrected chi connectivity index (χ3v) is 2.46. The van der Waals surface area contributed by atoms with E-state index in [9.17, 15) is 4.79 Å². The van der Waals surface area contributed by atoms with E-state index in [0.29, 0.717) is 10.8 Å². The molecule has 1 aromatic rings. The molecule has 0 fully saturated rings. The fourth-order valence-electron chi connectivity index (χ4n) is 0.941. The van der Waals surface area contributed by atoms with Gasteiger partial charge < -0.3 is 4.74 Å². The molecule has 0 heterocycles. The molecule has 0 spiro atoms. The van der Waals surface area contributed by atoms with Gasteiger partial charge in [0.25, 0.3) is 0 Å². The molecule has 0 aromatic heterocycles. The smallest absolute Gasteiger partial charge is 0.184 e. The van der Waals surface area contributed by atoms with E-state index in [0.717, 1.165) is 5.56 Å². The summed E-state index contributed by atoms with van der Waals surface area (Å²) in [6, 6.07) is 5.31. The Morgan fingerprint density at radius 3 is 2.86 bits per heavy atom. The van der Waals surface area contributed by atoms with E-state index < -0.39 is 0 Å². The lowest BCUT2D eigenvalue weighted by Gasteiger charge is -2.08. The van der Waals surface area contributed by atoms with Gasteiger partial charge in [-0.1, -0.05) is 17.7 Å². The molecule has 76 valence electrons. The first-order valence-electron chi connectivity index (χ1n) is 4.10. The van der Waals surface area contributed by atoms with Crippen molar-refractivity contribution < 1.29 is 9.53 Å². The van der Waals surface area contributed by atoms with Crippen LogP contribution in [0.2, 0.25) is 5.02 Å². The minimum atomic E-state index is -0.147. The normalized spacial score (nSPS) is 9.93. The summed E-state index contributed by atoms with van der Waals surface area (Å²) in [6.07, 6.45) is 0. The molecular formula is C10H10Cl2O2. The molecule has 0 bridgehead atoms. The largest absolute Gasteiger partial charge is 0.485 e. The first kappa shape index (κ1) is 11.3. The van der Waals surface area contributed by atoms with Crippen molar-refractivity contribution in [1.29, 1.82) is 0 Å². The highest BCUT2D eigenvalue weighted by atomic mass is 35.5. The minimum absolute atomic E-state index is 0.00924. The fourth-order valence-corrected chi connectivity index (χ4v) is 1.18. The highest BCUT2D eigenvalue weighted by molar-refractivity contribution is 6.31. The first-order valence-corrected chi connectivity index (χ1v) is 5.02. The quantitative estimate of drug-likeness (QED) is 0.747. The molecule has 0 aliphatic heterocycles. The van der Waals surface area contributed by atoms with Crippen molar-refractivity contribution >= 4 is 29.0 Å². The summed E-state index contributed by atoms with van der Waals surface area (Å²) in [6.45, 7) is 1.83. The predicted octanol–water partition coefficient (Wildman–Crippen LogP) is 2.84. The summed E-state index contributed by atoms with van der Waals surface area (Å²) in [5.41, 5.74) is 0.830. The van der Waals surface area contributed by atoms with Crippen molar-refractivity contribution in [2.75, 3.05) is 12.5 Å². The second-order valence-electron chi connectivity index (χ2n) is 2.82. The van der Waals surface area contributed by atoms with Crippen molar-refractivity contribution in [2.45, 2.75) is 6.92 Å². The van der Waals surface area contributed by atoms with E-state index in [-0.39, 0.29) is 18.3 Å². The Kier molecular flexibility index (Phi) is 4.23. The van der Waals surface area contributed by atoms with Gasteiger partial charge in [0.2, 0.25) is 0 Å². The van der Waals surface area contributed by atoms with Crippen LogP contribution in [0.25, 0.3) is 0 Å². The van der Waals surface area contributed by atoms with Gasteiger partial charge in [0.05, 0.1) is 5.88 Å². The molecule has 0 atom stereocenters. The van der Waals surface area contributed by atoms with Gasteiger partial charge in [0.15, 0.2) is 5.78 Å². The van der Waals surface area contributed by atoms with Gasteiger partial charge in [-0.15, -0.1) is 11.6 Å². The van der Waals surface area contributed by atoms with Crippen molar-refractivity contribution in [3.05, 3.63) is 28.8 Å². The van der Waals surface area contributed by atoms with Crippen LogP contribution in [0.1, 0.15) is 5.56 Å². The molecular weight excluding hydrogens is 223 g/mol. The van der Waals surface area contributed by atoms with Crippen molar-refractivity contribution in [2.24, 2.45) is 0 Å². The summed E-state index contributed by atoms with van der Waals surface area (Å²) in [7, 11) is 0. The average molecular weight is 233 g/mol. The van der Waals surface area contributed by atoms with E-state index in [2.05, 4.69) is 0 Å². The van der Waals surface area contributed by atoms with Crippen LogP contribution in [0.4, 0.5) is 0 Å². The highest BCUT2D eigenvalue weighted by Crippen LogP contribution is 2.24. The van der Waals surface area contributed by atoms with Crippen LogP contribution in [-0.2, 0) is 4.79 Å². The lowest BCUT2D eigenvalue weighted by Crippen LogP contribution is -2.12. The van der Waals surface area contributed by atoms with Crippen molar-refractivity contribution in [3.63, 3.8) is 0 Å². The first-order chi connectivity index (χ1) is 6.65. The molecule has 0 aliphatic carbocycles. The zero-order chi connectivity index (χ0) is 10.6. The van der Waals surface area contributed by atoms with Crippen LogP contribution in [0.5, 0.6) is 5.75 Å². The lowest BCUT2D eigenvalue weighted by atomic mass is 10.2. The Morgan fingerprint density at radius 1 is 1.50 bits per heavy atom. The second-order valence-corrected chi connectivity index (χ2v) is 3.50. The molecule has 0 amide bonds. The second kappa shape index (κ2) is 5.23.